The SMILES string of the molecule is CCn1c(SCC(=O)Nc2ccccc2C(C)C)nc2ccccc21. The van der Waals surface area contributed by atoms with Crippen LogP contribution in [0.1, 0.15) is 32.3 Å². The number of thioether (sulfide) groups is 1. The maximum Gasteiger partial charge on any atom is 0.234 e. The number of nitrogens with zero attached hydrogens (tertiary/aromatic N) is 2. The average molecular weight is 353 g/mol. The number of hydrogen-bond acceptors (Lipinski definition) is 3. The van der Waals surface area contributed by atoms with Gasteiger partial charge in [-0.3, -0.25) is 4.79 Å². The highest BCUT2D eigenvalue weighted by Crippen LogP contribution is 2.26. The Kier molecular flexibility index (Phi) is 5.43. The van der Waals surface area contributed by atoms with Crippen LogP contribution in [0.2, 0.25) is 0 Å². The van der Waals surface area contributed by atoms with Gasteiger partial charge in [0.2, 0.25) is 5.91 Å². The first kappa shape index (κ1) is 17.5. The van der Waals surface area contributed by atoms with E-state index in [0.29, 0.717) is 11.7 Å². The number of carbonyl (C=O) groups excluding carboxylic acids is 1. The monoisotopic (exact) mass is 353 g/mol. The summed E-state index contributed by atoms with van der Waals surface area (Å²) in [5.74, 6) is 0.705. The molecule has 0 aliphatic rings. The third kappa shape index (κ3) is 3.87. The topological polar surface area (TPSA) is 46.9 Å². The van der Waals surface area contributed by atoms with Gasteiger partial charge in [-0.2, -0.15) is 0 Å². The number of carbonyl (C=O) groups is 1. The molecule has 0 saturated carbocycles. The zero-order chi connectivity index (χ0) is 17.8. The summed E-state index contributed by atoms with van der Waals surface area (Å²) in [6, 6.07) is 16.0. The van der Waals surface area contributed by atoms with Gasteiger partial charge in [-0.1, -0.05) is 55.9 Å². The third-order valence-corrected chi connectivity index (χ3v) is 5.10. The van der Waals surface area contributed by atoms with E-state index in [1.165, 1.54) is 11.8 Å². The van der Waals surface area contributed by atoms with Crippen LogP contribution in [0.4, 0.5) is 5.69 Å². The molecule has 3 aromatic rings. The number of nitrogens with one attached hydrogen (secondary N) is 1. The summed E-state index contributed by atoms with van der Waals surface area (Å²) in [4.78, 5) is 17.1. The van der Waals surface area contributed by atoms with E-state index in [-0.39, 0.29) is 5.91 Å². The molecule has 1 N–H and O–H groups in total. The largest absolute Gasteiger partial charge is 0.325 e. The molecular weight excluding hydrogens is 330 g/mol. The first-order valence-electron chi connectivity index (χ1n) is 8.57. The molecule has 0 atom stereocenters. The van der Waals surface area contributed by atoms with Gasteiger partial charge in [-0.05, 0) is 36.6 Å². The highest BCUT2D eigenvalue weighted by atomic mass is 32.2. The molecule has 1 amide bonds. The van der Waals surface area contributed by atoms with Crippen molar-refractivity contribution in [3.8, 4) is 0 Å². The number of imidazole rings is 1. The standard InChI is InChI=1S/C20H23N3OS/c1-4-23-18-12-8-7-11-17(18)22-20(23)25-13-19(24)21-16-10-6-5-9-15(16)14(2)3/h5-12,14H,4,13H2,1-3H3,(H,21,24). The van der Waals surface area contributed by atoms with Crippen molar-refractivity contribution in [2.45, 2.75) is 38.4 Å². The first-order valence-corrected chi connectivity index (χ1v) is 9.55. The molecule has 1 aromatic heterocycles. The zero-order valence-electron chi connectivity index (χ0n) is 14.8. The second kappa shape index (κ2) is 7.74. The van der Waals surface area contributed by atoms with E-state index in [9.17, 15) is 4.79 Å². The molecule has 0 unspecified atom stereocenters. The Morgan fingerprint density at radius 3 is 2.64 bits per heavy atom. The van der Waals surface area contributed by atoms with Crippen LogP contribution in [-0.2, 0) is 11.3 Å². The van der Waals surface area contributed by atoms with Gasteiger partial charge in [0.1, 0.15) is 0 Å². The minimum atomic E-state index is -0.00666. The molecule has 0 bridgehead atoms. The van der Waals surface area contributed by atoms with Crippen LogP contribution in [0.25, 0.3) is 11.0 Å². The van der Waals surface area contributed by atoms with E-state index in [0.717, 1.165) is 34.0 Å². The molecule has 130 valence electrons. The van der Waals surface area contributed by atoms with Crippen LogP contribution >= 0.6 is 11.8 Å². The molecule has 0 radical (unpaired) electrons. The molecular formula is C20H23N3OS. The van der Waals surface area contributed by atoms with Crippen molar-refractivity contribution in [2.24, 2.45) is 0 Å². The van der Waals surface area contributed by atoms with E-state index in [2.05, 4.69) is 47.8 Å². The van der Waals surface area contributed by atoms with E-state index >= 15 is 0 Å². The summed E-state index contributed by atoms with van der Waals surface area (Å²) in [6.45, 7) is 7.18. The normalized spacial score (nSPS) is 11.2. The van der Waals surface area contributed by atoms with E-state index in [4.69, 9.17) is 0 Å². The summed E-state index contributed by atoms with van der Waals surface area (Å²) in [7, 11) is 0. The summed E-state index contributed by atoms with van der Waals surface area (Å²) >= 11 is 1.48. The van der Waals surface area contributed by atoms with Gasteiger partial charge in [-0.25, -0.2) is 4.98 Å². The Labute approximate surface area is 152 Å². The first-order chi connectivity index (χ1) is 12.1. The van der Waals surface area contributed by atoms with Gasteiger partial charge < -0.3 is 9.88 Å². The summed E-state index contributed by atoms with van der Waals surface area (Å²) in [6.07, 6.45) is 0. The highest BCUT2D eigenvalue weighted by molar-refractivity contribution is 7.99. The van der Waals surface area contributed by atoms with Gasteiger partial charge in [0.25, 0.3) is 0 Å². The lowest BCUT2D eigenvalue weighted by Gasteiger charge is -2.13. The van der Waals surface area contributed by atoms with Crippen LogP contribution in [0.5, 0.6) is 0 Å². The second-order valence-corrected chi connectivity index (χ2v) is 7.15. The van der Waals surface area contributed by atoms with Crippen molar-refractivity contribution in [2.75, 3.05) is 11.1 Å². The molecule has 0 fully saturated rings. The number of aryl methyl sites for hydroxylation is 1. The lowest BCUT2D eigenvalue weighted by Crippen LogP contribution is -2.16. The van der Waals surface area contributed by atoms with E-state index in [1.807, 2.05) is 36.4 Å². The van der Waals surface area contributed by atoms with Crippen LogP contribution in [0.15, 0.2) is 53.7 Å². The van der Waals surface area contributed by atoms with Crippen molar-refractivity contribution >= 4 is 34.4 Å². The predicted octanol–water partition coefficient (Wildman–Crippen LogP) is 4.91. The minimum absolute atomic E-state index is 0.00666. The number of rotatable bonds is 6. The van der Waals surface area contributed by atoms with Gasteiger partial charge in [0.15, 0.2) is 5.16 Å². The van der Waals surface area contributed by atoms with Crippen molar-refractivity contribution in [3.63, 3.8) is 0 Å². The van der Waals surface area contributed by atoms with Gasteiger partial charge in [0, 0.05) is 12.2 Å². The summed E-state index contributed by atoms with van der Waals surface area (Å²) in [5.41, 5.74) is 4.13. The molecule has 3 rings (SSSR count). The molecule has 4 nitrogen and oxygen atoms in total. The van der Waals surface area contributed by atoms with E-state index < -0.39 is 0 Å². The molecule has 0 spiro atoms. The molecule has 0 aliphatic heterocycles. The Bertz CT molecular complexity index is 886. The van der Waals surface area contributed by atoms with Crippen LogP contribution in [-0.4, -0.2) is 21.2 Å². The Hall–Kier alpha value is -2.27. The Morgan fingerprint density at radius 1 is 1.16 bits per heavy atom. The van der Waals surface area contributed by atoms with Gasteiger partial charge in [-0.15, -0.1) is 0 Å². The number of anilines is 1. The fourth-order valence-electron chi connectivity index (χ4n) is 2.90. The molecule has 5 heteroatoms. The maximum absolute atomic E-state index is 12.4. The van der Waals surface area contributed by atoms with Crippen molar-refractivity contribution in [1.29, 1.82) is 0 Å². The fraction of sp³-hybridized carbons (Fsp3) is 0.300. The quantitative estimate of drug-likeness (QED) is 0.641. The zero-order valence-corrected chi connectivity index (χ0v) is 15.6. The van der Waals surface area contributed by atoms with Gasteiger partial charge >= 0.3 is 0 Å². The van der Waals surface area contributed by atoms with Crippen LogP contribution in [0.3, 0.4) is 0 Å². The van der Waals surface area contributed by atoms with Crippen LogP contribution in [0, 0.1) is 0 Å². The minimum Gasteiger partial charge on any atom is -0.325 e. The van der Waals surface area contributed by atoms with E-state index in [1.54, 1.807) is 0 Å². The second-order valence-electron chi connectivity index (χ2n) is 6.21. The number of hydrogen-bond donors (Lipinski definition) is 1. The maximum atomic E-state index is 12.4. The van der Waals surface area contributed by atoms with Gasteiger partial charge in [0.05, 0.1) is 16.8 Å². The molecule has 0 aliphatic carbocycles. The predicted molar refractivity (Wildman–Crippen MR) is 105 cm³/mol. The number of fused-ring (bicyclic) bond motifs is 1. The van der Waals surface area contributed by atoms with Crippen LogP contribution < -0.4 is 5.32 Å². The fourth-order valence-corrected chi connectivity index (χ4v) is 3.78. The number of aromatic nitrogens is 2. The average Bonchev–Trinajstić information content (AvgIpc) is 2.97. The van der Waals surface area contributed by atoms with Crippen molar-refractivity contribution in [3.05, 3.63) is 54.1 Å². The summed E-state index contributed by atoms with van der Waals surface area (Å²) in [5, 5.41) is 3.92. The Balaban J connectivity index is 1.71. The molecule has 2 aromatic carbocycles. The number of benzene rings is 2. The Morgan fingerprint density at radius 2 is 1.88 bits per heavy atom. The lowest BCUT2D eigenvalue weighted by atomic mass is 10.0. The third-order valence-electron chi connectivity index (χ3n) is 4.13. The highest BCUT2D eigenvalue weighted by Gasteiger charge is 2.13. The lowest BCUT2D eigenvalue weighted by molar-refractivity contribution is -0.113. The van der Waals surface area contributed by atoms with Crippen molar-refractivity contribution in [1.82, 2.24) is 9.55 Å². The molecule has 1 heterocycles. The smallest absolute Gasteiger partial charge is 0.234 e. The van der Waals surface area contributed by atoms with Crippen molar-refractivity contribution < 1.29 is 4.79 Å². The molecule has 0 saturated heterocycles. The number of amides is 1. The summed E-state index contributed by atoms with van der Waals surface area (Å²) < 4.78 is 2.15. The number of para-hydroxylation sites is 3. The molecule has 25 heavy (non-hydrogen) atoms.